The van der Waals surface area contributed by atoms with E-state index in [4.69, 9.17) is 0 Å². The van der Waals surface area contributed by atoms with Crippen molar-refractivity contribution in [2.24, 2.45) is 0 Å². The van der Waals surface area contributed by atoms with E-state index in [1.54, 1.807) is 0 Å². The quantitative estimate of drug-likeness (QED) is 0.747. The summed E-state index contributed by atoms with van der Waals surface area (Å²) in [6, 6.07) is 4.45. The molecule has 0 saturated carbocycles. The van der Waals surface area contributed by atoms with Gasteiger partial charge in [0.05, 0.1) is 6.54 Å². The average molecular weight is 233 g/mol. The molecule has 1 aromatic carbocycles. The van der Waals surface area contributed by atoms with Gasteiger partial charge in [-0.15, -0.1) is 0 Å². The standard InChI is InChI=1S/C15H23NO/c1-11-9-13(15(3,4)5)10-12(2)14(11)16(6)7-8-17/h8-10H,7H2,1-6H3. The molecule has 0 aliphatic carbocycles. The van der Waals surface area contributed by atoms with E-state index in [9.17, 15) is 4.79 Å². The highest BCUT2D eigenvalue weighted by molar-refractivity contribution is 5.66. The monoisotopic (exact) mass is 233 g/mol. The van der Waals surface area contributed by atoms with Crippen LogP contribution < -0.4 is 4.90 Å². The van der Waals surface area contributed by atoms with Crippen LogP contribution in [-0.4, -0.2) is 19.9 Å². The predicted molar refractivity (Wildman–Crippen MR) is 74.0 cm³/mol. The maximum Gasteiger partial charge on any atom is 0.139 e. The number of nitrogens with zero attached hydrogens (tertiary/aromatic N) is 1. The summed E-state index contributed by atoms with van der Waals surface area (Å²) in [5, 5.41) is 0. The van der Waals surface area contributed by atoms with Gasteiger partial charge in [0.2, 0.25) is 0 Å². The van der Waals surface area contributed by atoms with Crippen LogP contribution in [0.5, 0.6) is 0 Å². The van der Waals surface area contributed by atoms with Crippen molar-refractivity contribution >= 4 is 12.0 Å². The fraction of sp³-hybridized carbons (Fsp3) is 0.533. The summed E-state index contributed by atoms with van der Waals surface area (Å²) >= 11 is 0. The van der Waals surface area contributed by atoms with E-state index in [1.165, 1.54) is 22.4 Å². The van der Waals surface area contributed by atoms with Gasteiger partial charge < -0.3 is 9.69 Å². The van der Waals surface area contributed by atoms with E-state index in [1.807, 2.05) is 11.9 Å². The Labute approximate surface area is 105 Å². The van der Waals surface area contributed by atoms with Crippen LogP contribution in [0.1, 0.15) is 37.5 Å². The molecule has 94 valence electrons. The molecular formula is C15H23NO. The summed E-state index contributed by atoms with van der Waals surface area (Å²) < 4.78 is 0. The zero-order valence-corrected chi connectivity index (χ0v) is 11.8. The maximum atomic E-state index is 10.6. The smallest absolute Gasteiger partial charge is 0.139 e. The number of rotatable bonds is 3. The molecule has 0 bridgehead atoms. The number of carbonyl (C=O) groups is 1. The molecular weight excluding hydrogens is 210 g/mol. The minimum atomic E-state index is 0.164. The molecule has 0 heterocycles. The number of hydrogen-bond acceptors (Lipinski definition) is 2. The average Bonchev–Trinajstić information content (AvgIpc) is 2.15. The van der Waals surface area contributed by atoms with Crippen LogP contribution in [-0.2, 0) is 10.2 Å². The number of carbonyl (C=O) groups excluding carboxylic acids is 1. The Hall–Kier alpha value is -1.31. The Morgan fingerprint density at radius 3 is 2.00 bits per heavy atom. The van der Waals surface area contributed by atoms with Crippen LogP contribution >= 0.6 is 0 Å². The molecule has 0 saturated heterocycles. The molecule has 0 radical (unpaired) electrons. The first-order chi connectivity index (χ1) is 7.77. The Bertz CT molecular complexity index is 392. The van der Waals surface area contributed by atoms with E-state index < -0.39 is 0 Å². The topological polar surface area (TPSA) is 20.3 Å². The second-order valence-electron chi connectivity index (χ2n) is 5.76. The number of anilines is 1. The Morgan fingerprint density at radius 2 is 1.65 bits per heavy atom. The second-order valence-corrected chi connectivity index (χ2v) is 5.76. The number of aldehydes is 1. The molecule has 2 heteroatoms. The Balaban J connectivity index is 3.24. The number of hydrogen-bond donors (Lipinski definition) is 0. The SMILES string of the molecule is Cc1cc(C(C)(C)C)cc(C)c1N(C)CC=O. The van der Waals surface area contributed by atoms with Gasteiger partial charge in [-0.1, -0.05) is 32.9 Å². The largest absolute Gasteiger partial charge is 0.367 e. The summed E-state index contributed by atoms with van der Waals surface area (Å²) in [5.74, 6) is 0. The van der Waals surface area contributed by atoms with Crippen LogP contribution in [0.25, 0.3) is 0 Å². The van der Waals surface area contributed by atoms with Crippen molar-refractivity contribution in [3.8, 4) is 0 Å². The van der Waals surface area contributed by atoms with E-state index in [0.29, 0.717) is 6.54 Å². The Kier molecular flexibility index (Phi) is 3.97. The van der Waals surface area contributed by atoms with E-state index >= 15 is 0 Å². The highest BCUT2D eigenvalue weighted by Crippen LogP contribution is 2.30. The highest BCUT2D eigenvalue weighted by atomic mass is 16.1. The van der Waals surface area contributed by atoms with E-state index in [2.05, 4.69) is 46.8 Å². The normalized spacial score (nSPS) is 11.4. The molecule has 17 heavy (non-hydrogen) atoms. The fourth-order valence-corrected chi connectivity index (χ4v) is 2.19. The fourth-order valence-electron chi connectivity index (χ4n) is 2.19. The number of aryl methyl sites for hydroxylation is 2. The minimum Gasteiger partial charge on any atom is -0.367 e. The summed E-state index contributed by atoms with van der Waals surface area (Å²) in [6.07, 6.45) is 0.941. The van der Waals surface area contributed by atoms with E-state index in [0.717, 1.165) is 6.29 Å². The third kappa shape index (κ3) is 3.09. The first-order valence-corrected chi connectivity index (χ1v) is 6.04. The molecule has 0 spiro atoms. The van der Waals surface area contributed by atoms with Crippen LogP contribution in [0.15, 0.2) is 12.1 Å². The van der Waals surface area contributed by atoms with Gasteiger partial charge in [-0.2, -0.15) is 0 Å². The van der Waals surface area contributed by atoms with Gasteiger partial charge in [0.25, 0.3) is 0 Å². The van der Waals surface area contributed by atoms with Crippen molar-refractivity contribution < 1.29 is 4.79 Å². The molecule has 0 unspecified atom stereocenters. The lowest BCUT2D eigenvalue weighted by Gasteiger charge is -2.26. The summed E-state index contributed by atoms with van der Waals surface area (Å²) in [5.41, 5.74) is 5.15. The first kappa shape index (κ1) is 13.8. The lowest BCUT2D eigenvalue weighted by Crippen LogP contribution is -2.22. The third-order valence-electron chi connectivity index (χ3n) is 3.09. The third-order valence-corrected chi connectivity index (χ3v) is 3.09. The molecule has 1 aromatic rings. The zero-order valence-electron chi connectivity index (χ0n) is 11.8. The van der Waals surface area contributed by atoms with Crippen molar-refractivity contribution in [2.45, 2.75) is 40.0 Å². The van der Waals surface area contributed by atoms with Crippen molar-refractivity contribution in [1.29, 1.82) is 0 Å². The van der Waals surface area contributed by atoms with Crippen LogP contribution in [0, 0.1) is 13.8 Å². The van der Waals surface area contributed by atoms with Gasteiger partial charge >= 0.3 is 0 Å². The van der Waals surface area contributed by atoms with Gasteiger partial charge in [0, 0.05) is 12.7 Å². The zero-order chi connectivity index (χ0) is 13.2. The number of benzene rings is 1. The lowest BCUT2D eigenvalue weighted by atomic mass is 9.84. The lowest BCUT2D eigenvalue weighted by molar-refractivity contribution is -0.106. The van der Waals surface area contributed by atoms with Crippen LogP contribution in [0.3, 0.4) is 0 Å². The Morgan fingerprint density at radius 1 is 1.18 bits per heavy atom. The molecule has 0 aromatic heterocycles. The van der Waals surface area contributed by atoms with Gasteiger partial charge in [-0.25, -0.2) is 0 Å². The molecule has 0 amide bonds. The van der Waals surface area contributed by atoms with E-state index in [-0.39, 0.29) is 5.41 Å². The summed E-state index contributed by atoms with van der Waals surface area (Å²) in [7, 11) is 1.96. The van der Waals surface area contributed by atoms with Gasteiger partial charge in [-0.3, -0.25) is 0 Å². The molecule has 0 atom stereocenters. The van der Waals surface area contributed by atoms with Crippen molar-refractivity contribution in [1.82, 2.24) is 0 Å². The molecule has 2 nitrogen and oxygen atoms in total. The highest BCUT2D eigenvalue weighted by Gasteiger charge is 2.17. The predicted octanol–water partition coefficient (Wildman–Crippen LogP) is 3.24. The first-order valence-electron chi connectivity index (χ1n) is 6.04. The molecule has 0 N–H and O–H groups in total. The van der Waals surface area contributed by atoms with Crippen LogP contribution in [0.2, 0.25) is 0 Å². The van der Waals surface area contributed by atoms with Gasteiger partial charge in [0.1, 0.15) is 6.29 Å². The minimum absolute atomic E-state index is 0.164. The number of likely N-dealkylation sites (N-methyl/N-ethyl adjacent to an activating group) is 1. The second kappa shape index (κ2) is 4.91. The molecule has 0 aliphatic rings. The summed E-state index contributed by atoms with van der Waals surface area (Å²) in [6.45, 7) is 11.3. The van der Waals surface area contributed by atoms with Gasteiger partial charge in [-0.05, 0) is 36.0 Å². The van der Waals surface area contributed by atoms with Gasteiger partial charge in [0.15, 0.2) is 0 Å². The van der Waals surface area contributed by atoms with Crippen molar-refractivity contribution in [2.75, 3.05) is 18.5 Å². The maximum absolute atomic E-state index is 10.6. The van der Waals surface area contributed by atoms with Crippen LogP contribution in [0.4, 0.5) is 5.69 Å². The molecule has 0 fully saturated rings. The molecule has 0 aliphatic heterocycles. The molecule has 1 rings (SSSR count). The van der Waals surface area contributed by atoms with Crippen molar-refractivity contribution in [3.63, 3.8) is 0 Å². The van der Waals surface area contributed by atoms with Crippen molar-refractivity contribution in [3.05, 3.63) is 28.8 Å². The summed E-state index contributed by atoms with van der Waals surface area (Å²) in [4.78, 5) is 12.6.